The summed E-state index contributed by atoms with van der Waals surface area (Å²) in [5.74, 6) is 0.971. The summed E-state index contributed by atoms with van der Waals surface area (Å²) in [4.78, 5) is 16.6. The van der Waals surface area contributed by atoms with Gasteiger partial charge in [-0.3, -0.25) is 9.79 Å². The van der Waals surface area contributed by atoms with E-state index in [4.69, 9.17) is 4.42 Å². The van der Waals surface area contributed by atoms with Crippen LogP contribution in [0.2, 0.25) is 0 Å². The second kappa shape index (κ2) is 7.42. The maximum absolute atomic E-state index is 12.4. The summed E-state index contributed by atoms with van der Waals surface area (Å²) >= 11 is 1.46. The standard InChI is InChI=1S/C16H17N3O4S2/c1-11-4-5-13(25(21,22)18-10-12-3-2-7-23-12)9-14(11)15(20)19-16-17-6-8-24-16/h2-5,7,9,18H,6,8,10H2,1H3,(H,17,19,20). The Morgan fingerprint density at radius 3 is 2.88 bits per heavy atom. The maximum Gasteiger partial charge on any atom is 0.257 e. The minimum atomic E-state index is -3.76. The van der Waals surface area contributed by atoms with Gasteiger partial charge in [-0.15, -0.1) is 0 Å². The average molecular weight is 379 g/mol. The van der Waals surface area contributed by atoms with Crippen LogP contribution in [0, 0.1) is 6.92 Å². The molecule has 7 nitrogen and oxygen atoms in total. The molecule has 1 amide bonds. The van der Waals surface area contributed by atoms with E-state index in [-0.39, 0.29) is 17.3 Å². The number of carbonyl (C=O) groups is 1. The first kappa shape index (κ1) is 17.7. The van der Waals surface area contributed by atoms with Gasteiger partial charge in [0.05, 0.1) is 24.2 Å². The molecule has 0 spiro atoms. The third kappa shape index (κ3) is 4.30. The quantitative estimate of drug-likeness (QED) is 0.826. The van der Waals surface area contributed by atoms with Crippen molar-refractivity contribution in [3.8, 4) is 0 Å². The Labute approximate surface area is 150 Å². The number of furan rings is 1. The van der Waals surface area contributed by atoms with Crippen molar-refractivity contribution in [2.45, 2.75) is 18.4 Å². The number of hydrogen-bond acceptors (Lipinski definition) is 6. The van der Waals surface area contributed by atoms with Crippen molar-refractivity contribution in [1.82, 2.24) is 10.0 Å². The van der Waals surface area contributed by atoms with Gasteiger partial charge in [0.25, 0.3) is 5.91 Å². The monoisotopic (exact) mass is 379 g/mol. The van der Waals surface area contributed by atoms with E-state index in [1.54, 1.807) is 25.1 Å². The zero-order valence-electron chi connectivity index (χ0n) is 13.5. The van der Waals surface area contributed by atoms with Gasteiger partial charge in [0.2, 0.25) is 10.0 Å². The zero-order valence-corrected chi connectivity index (χ0v) is 15.1. The Morgan fingerprint density at radius 1 is 1.36 bits per heavy atom. The minimum absolute atomic E-state index is 0.0239. The van der Waals surface area contributed by atoms with E-state index >= 15 is 0 Å². The molecule has 2 aromatic rings. The van der Waals surface area contributed by atoms with Crippen LogP contribution in [-0.2, 0) is 16.6 Å². The fraction of sp³-hybridized carbons (Fsp3) is 0.250. The smallest absolute Gasteiger partial charge is 0.257 e. The number of amidine groups is 1. The lowest BCUT2D eigenvalue weighted by atomic mass is 10.1. The van der Waals surface area contributed by atoms with E-state index in [1.165, 1.54) is 30.2 Å². The van der Waals surface area contributed by atoms with Gasteiger partial charge in [-0.05, 0) is 36.8 Å². The molecule has 0 unspecified atom stereocenters. The second-order valence-electron chi connectivity index (χ2n) is 5.37. The highest BCUT2D eigenvalue weighted by Crippen LogP contribution is 2.17. The Morgan fingerprint density at radius 2 is 2.20 bits per heavy atom. The third-order valence-corrected chi connectivity index (χ3v) is 5.88. The number of aliphatic imine (C=N–C) groups is 1. The van der Waals surface area contributed by atoms with E-state index in [9.17, 15) is 13.2 Å². The van der Waals surface area contributed by atoms with Crippen LogP contribution in [0.3, 0.4) is 0 Å². The molecule has 1 aromatic heterocycles. The number of thioether (sulfide) groups is 1. The zero-order chi connectivity index (χ0) is 17.9. The molecule has 9 heteroatoms. The van der Waals surface area contributed by atoms with Crippen LogP contribution < -0.4 is 10.0 Å². The van der Waals surface area contributed by atoms with E-state index in [1.807, 2.05) is 0 Å². The van der Waals surface area contributed by atoms with Crippen LogP contribution in [0.15, 0.2) is 50.9 Å². The summed E-state index contributed by atoms with van der Waals surface area (Å²) < 4.78 is 32.5. The van der Waals surface area contributed by atoms with Crippen LogP contribution in [0.1, 0.15) is 21.7 Å². The molecule has 1 aliphatic rings. The van der Waals surface area contributed by atoms with Crippen molar-refractivity contribution in [2.75, 3.05) is 12.3 Å². The number of nitrogens with one attached hydrogen (secondary N) is 2. The van der Waals surface area contributed by atoms with Gasteiger partial charge in [0.1, 0.15) is 5.76 Å². The average Bonchev–Trinajstić information content (AvgIpc) is 3.26. The molecule has 0 aliphatic carbocycles. The summed E-state index contributed by atoms with van der Waals surface area (Å²) in [6.07, 6.45) is 1.47. The lowest BCUT2D eigenvalue weighted by molar-refractivity contribution is 0.0977. The molecule has 1 aromatic carbocycles. The molecule has 2 N–H and O–H groups in total. The molecule has 0 atom stereocenters. The van der Waals surface area contributed by atoms with Crippen LogP contribution in [0.25, 0.3) is 0 Å². The lowest BCUT2D eigenvalue weighted by Gasteiger charge is -2.10. The van der Waals surface area contributed by atoms with Gasteiger partial charge >= 0.3 is 0 Å². The number of aryl methyl sites for hydroxylation is 1. The van der Waals surface area contributed by atoms with Crippen molar-refractivity contribution in [3.63, 3.8) is 0 Å². The van der Waals surface area contributed by atoms with Crippen molar-refractivity contribution < 1.29 is 17.6 Å². The van der Waals surface area contributed by atoms with Crippen molar-refractivity contribution >= 4 is 32.9 Å². The first-order valence-corrected chi connectivity index (χ1v) is 10.0. The molecule has 2 heterocycles. The Kier molecular flexibility index (Phi) is 5.26. The highest BCUT2D eigenvalue weighted by molar-refractivity contribution is 8.14. The van der Waals surface area contributed by atoms with Gasteiger partial charge in [-0.25, -0.2) is 13.1 Å². The number of rotatable bonds is 5. The molecule has 0 fully saturated rings. The third-order valence-electron chi connectivity index (χ3n) is 3.59. The molecule has 25 heavy (non-hydrogen) atoms. The van der Waals surface area contributed by atoms with Crippen molar-refractivity contribution in [1.29, 1.82) is 0 Å². The molecule has 132 valence electrons. The van der Waals surface area contributed by atoms with Gasteiger partial charge in [0.15, 0.2) is 5.17 Å². The Balaban J connectivity index is 1.78. The number of sulfonamides is 1. The fourth-order valence-electron chi connectivity index (χ4n) is 2.25. The number of amides is 1. The minimum Gasteiger partial charge on any atom is -0.468 e. The van der Waals surface area contributed by atoms with Crippen LogP contribution in [0.4, 0.5) is 0 Å². The molecule has 0 saturated heterocycles. The second-order valence-corrected chi connectivity index (χ2v) is 8.22. The van der Waals surface area contributed by atoms with Crippen molar-refractivity contribution in [2.24, 2.45) is 4.99 Å². The van der Waals surface area contributed by atoms with E-state index in [0.29, 0.717) is 28.6 Å². The molecule has 1 aliphatic heterocycles. The normalized spacial score (nSPS) is 14.4. The Hall–Kier alpha value is -2.10. The fourth-order valence-corrected chi connectivity index (χ4v) is 3.99. The first-order chi connectivity index (χ1) is 12.0. The highest BCUT2D eigenvalue weighted by Gasteiger charge is 2.20. The topological polar surface area (TPSA) is 101 Å². The molecule has 0 radical (unpaired) electrons. The predicted octanol–water partition coefficient (Wildman–Crippen LogP) is 1.90. The molecular formula is C16H17N3O4S2. The summed E-state index contributed by atoms with van der Waals surface area (Å²) in [6.45, 7) is 2.47. The molecule has 0 bridgehead atoms. The van der Waals surface area contributed by atoms with Crippen LogP contribution in [0.5, 0.6) is 0 Å². The number of hydrogen-bond donors (Lipinski definition) is 2. The van der Waals surface area contributed by atoms with Gasteiger partial charge in [0, 0.05) is 11.3 Å². The SMILES string of the molecule is Cc1ccc(S(=O)(=O)NCc2ccco2)cc1C(=O)NC1=NCCS1. The van der Waals surface area contributed by atoms with Gasteiger partial charge in [-0.1, -0.05) is 17.8 Å². The molecular weight excluding hydrogens is 362 g/mol. The molecule has 3 rings (SSSR count). The summed E-state index contributed by atoms with van der Waals surface area (Å²) in [5.41, 5.74) is 0.988. The predicted molar refractivity (Wildman–Crippen MR) is 96.1 cm³/mol. The lowest BCUT2D eigenvalue weighted by Crippen LogP contribution is -2.29. The Bertz CT molecular complexity index is 905. The number of nitrogens with zero attached hydrogens (tertiary/aromatic N) is 1. The summed E-state index contributed by atoms with van der Waals surface area (Å²) in [7, 11) is -3.76. The van der Waals surface area contributed by atoms with Crippen LogP contribution >= 0.6 is 11.8 Å². The molecule has 0 saturated carbocycles. The highest BCUT2D eigenvalue weighted by atomic mass is 32.2. The number of benzene rings is 1. The maximum atomic E-state index is 12.4. The number of carbonyl (C=O) groups excluding carboxylic acids is 1. The van der Waals surface area contributed by atoms with Gasteiger partial charge in [-0.2, -0.15) is 0 Å². The van der Waals surface area contributed by atoms with E-state index in [0.717, 1.165) is 5.75 Å². The van der Waals surface area contributed by atoms with E-state index in [2.05, 4.69) is 15.0 Å². The van der Waals surface area contributed by atoms with Crippen LogP contribution in [-0.4, -0.2) is 31.8 Å². The first-order valence-electron chi connectivity index (χ1n) is 7.57. The summed E-state index contributed by atoms with van der Waals surface area (Å²) in [6, 6.07) is 7.81. The largest absolute Gasteiger partial charge is 0.468 e. The van der Waals surface area contributed by atoms with E-state index < -0.39 is 10.0 Å². The summed E-state index contributed by atoms with van der Waals surface area (Å²) in [5, 5.41) is 3.28. The van der Waals surface area contributed by atoms with Gasteiger partial charge < -0.3 is 9.73 Å². The van der Waals surface area contributed by atoms with Crippen molar-refractivity contribution in [3.05, 3.63) is 53.5 Å².